The van der Waals surface area contributed by atoms with E-state index >= 15 is 0 Å². The van der Waals surface area contributed by atoms with E-state index in [1.807, 2.05) is 0 Å². The van der Waals surface area contributed by atoms with Crippen molar-refractivity contribution in [2.45, 2.75) is 26.4 Å². The minimum absolute atomic E-state index is 0.432. The number of carboxylic acids is 1. The van der Waals surface area contributed by atoms with E-state index in [-0.39, 0.29) is 0 Å². The summed E-state index contributed by atoms with van der Waals surface area (Å²) in [6.07, 6.45) is 2.72. The summed E-state index contributed by atoms with van der Waals surface area (Å²) < 4.78 is 10.1. The second-order valence-electron chi connectivity index (χ2n) is 3.13. The van der Waals surface area contributed by atoms with Gasteiger partial charge < -0.3 is 14.6 Å². The minimum atomic E-state index is -0.833. The molecule has 0 bridgehead atoms. The zero-order valence-corrected chi connectivity index (χ0v) is 11.7. The number of hydrogen-bond donors (Lipinski definition) is 1. The molecule has 1 N–H and O–H groups in total. The van der Waals surface area contributed by atoms with Crippen molar-refractivity contribution in [3.05, 3.63) is 31.5 Å². The van der Waals surface area contributed by atoms with Crippen LogP contribution in [0.5, 0.6) is 0 Å². The third kappa shape index (κ3) is 63.3. The maximum Gasteiger partial charge on any atom is 0.300 e. The van der Waals surface area contributed by atoms with Crippen LogP contribution >= 0.6 is 0 Å². The lowest BCUT2D eigenvalue weighted by Gasteiger charge is -1.95. The van der Waals surface area contributed by atoms with Gasteiger partial charge in [0.05, 0.1) is 19.3 Å². The molecule has 0 radical (unpaired) electrons. The summed E-state index contributed by atoms with van der Waals surface area (Å²) in [5.74, 6) is -0.833. The van der Waals surface area contributed by atoms with E-state index in [0.29, 0.717) is 6.10 Å². The number of nitriles is 1. The molecule has 1 saturated heterocycles. The fraction of sp³-hybridized carbons (Fsp3) is 0.500. The zero-order valence-electron chi connectivity index (χ0n) is 11.7. The van der Waals surface area contributed by atoms with Gasteiger partial charge in [0.2, 0.25) is 0 Å². The number of allylic oxidation sites excluding steroid dienone is 1. The van der Waals surface area contributed by atoms with Gasteiger partial charge in [-0.25, -0.2) is 0 Å². The number of nitrogens with zero attached hydrogens (tertiary/aromatic N) is 1. The quantitative estimate of drug-likeness (QED) is 0.367. The zero-order chi connectivity index (χ0) is 15.5. The Hall–Kier alpha value is -1.86. The van der Waals surface area contributed by atoms with Crippen LogP contribution in [0.25, 0.3) is 0 Å². The molecule has 0 spiro atoms. The number of ether oxygens (including phenoxy) is 2. The molecular formula is C14H23NO4. The van der Waals surface area contributed by atoms with Gasteiger partial charge in [-0.15, -0.1) is 5.73 Å². The third-order valence-corrected chi connectivity index (χ3v) is 1.15. The van der Waals surface area contributed by atoms with Crippen molar-refractivity contribution in [2.75, 3.05) is 19.8 Å². The lowest BCUT2D eigenvalue weighted by Crippen LogP contribution is -2.01. The maximum absolute atomic E-state index is 9.00. The lowest BCUT2D eigenvalue weighted by molar-refractivity contribution is -0.134. The van der Waals surface area contributed by atoms with Crippen molar-refractivity contribution in [3.8, 4) is 6.07 Å². The van der Waals surface area contributed by atoms with Gasteiger partial charge >= 0.3 is 0 Å². The topological polar surface area (TPSA) is 82.9 Å². The number of carbonyl (C=O) groups is 1. The fourth-order valence-corrected chi connectivity index (χ4v) is 0.523. The third-order valence-electron chi connectivity index (χ3n) is 1.15. The average molecular weight is 269 g/mol. The van der Waals surface area contributed by atoms with Gasteiger partial charge in [0.25, 0.3) is 5.97 Å². The van der Waals surface area contributed by atoms with Crippen LogP contribution in [-0.4, -0.2) is 37.0 Å². The Labute approximate surface area is 115 Å². The van der Waals surface area contributed by atoms with Crippen LogP contribution in [0.15, 0.2) is 31.5 Å². The molecule has 108 valence electrons. The SMILES string of the molecule is C=C=C.C=CC#N.CC(=O)O.CCCOCC1CO1. The first-order valence-corrected chi connectivity index (χ1v) is 5.68. The van der Waals surface area contributed by atoms with Crippen LogP contribution in [0.3, 0.4) is 0 Å². The molecule has 0 aliphatic carbocycles. The van der Waals surface area contributed by atoms with Crippen molar-refractivity contribution in [1.29, 1.82) is 5.26 Å². The van der Waals surface area contributed by atoms with Gasteiger partial charge in [0.1, 0.15) is 6.10 Å². The molecular weight excluding hydrogens is 246 g/mol. The predicted octanol–water partition coefficient (Wildman–Crippen LogP) is 2.56. The molecule has 5 nitrogen and oxygen atoms in total. The highest BCUT2D eigenvalue weighted by molar-refractivity contribution is 5.62. The molecule has 5 heteroatoms. The van der Waals surface area contributed by atoms with E-state index in [1.165, 1.54) is 6.08 Å². The van der Waals surface area contributed by atoms with Gasteiger partial charge in [-0.05, 0) is 6.42 Å². The van der Waals surface area contributed by atoms with Crippen LogP contribution in [0, 0.1) is 11.3 Å². The minimum Gasteiger partial charge on any atom is -0.481 e. The number of hydrogen-bond acceptors (Lipinski definition) is 4. The van der Waals surface area contributed by atoms with Gasteiger partial charge in [-0.2, -0.15) is 5.26 Å². The molecule has 19 heavy (non-hydrogen) atoms. The van der Waals surface area contributed by atoms with E-state index in [4.69, 9.17) is 24.6 Å². The molecule has 1 rings (SSSR count). The van der Waals surface area contributed by atoms with E-state index < -0.39 is 5.97 Å². The number of rotatable bonds is 4. The molecule has 0 saturated carbocycles. The average Bonchev–Trinajstić information content (AvgIpc) is 3.14. The van der Waals surface area contributed by atoms with Crippen LogP contribution < -0.4 is 0 Å². The Morgan fingerprint density at radius 3 is 2.21 bits per heavy atom. The Bertz CT molecular complexity index is 280. The molecule has 1 aliphatic rings. The molecule has 1 atom stereocenters. The van der Waals surface area contributed by atoms with Crippen molar-refractivity contribution in [1.82, 2.24) is 0 Å². The Kier molecular flexibility index (Phi) is 25.2. The van der Waals surface area contributed by atoms with Crippen LogP contribution in [0.4, 0.5) is 0 Å². The molecule has 1 fully saturated rings. The first-order chi connectivity index (χ1) is 8.99. The number of aliphatic carboxylic acids is 1. The van der Waals surface area contributed by atoms with E-state index in [2.05, 4.69) is 32.4 Å². The highest BCUT2D eigenvalue weighted by Gasteiger charge is 2.21. The first kappa shape index (κ1) is 22.3. The van der Waals surface area contributed by atoms with E-state index in [1.54, 1.807) is 6.07 Å². The summed E-state index contributed by atoms with van der Waals surface area (Å²) in [6.45, 7) is 15.1. The summed E-state index contributed by atoms with van der Waals surface area (Å²) in [5, 5.41) is 14.9. The van der Waals surface area contributed by atoms with Gasteiger partial charge in [0.15, 0.2) is 0 Å². The predicted molar refractivity (Wildman–Crippen MR) is 74.7 cm³/mol. The van der Waals surface area contributed by atoms with Crippen LogP contribution in [-0.2, 0) is 14.3 Å². The molecule has 1 aliphatic heterocycles. The first-order valence-electron chi connectivity index (χ1n) is 5.68. The Balaban J connectivity index is -0.000000200. The summed E-state index contributed by atoms with van der Waals surface area (Å²) in [4.78, 5) is 9.00. The second kappa shape index (κ2) is 21.4. The highest BCUT2D eigenvalue weighted by atomic mass is 16.6. The largest absolute Gasteiger partial charge is 0.481 e. The standard InChI is InChI=1S/C6H12O2.C3H3N.C3H4.C2H4O2/c1-2-3-7-4-6-5-8-6;1-2-3-4;1-3-2;1-2(3)4/h6H,2-5H2,1H3;2H,1H2;1-2H2;1H3,(H,3,4). The molecule has 0 aromatic heterocycles. The molecule has 1 heterocycles. The fourth-order valence-electron chi connectivity index (χ4n) is 0.523. The van der Waals surface area contributed by atoms with E-state index in [9.17, 15) is 0 Å². The molecule has 1 unspecified atom stereocenters. The summed E-state index contributed by atoms with van der Waals surface area (Å²) in [7, 11) is 0. The summed E-state index contributed by atoms with van der Waals surface area (Å²) in [5.41, 5.74) is 2.25. The van der Waals surface area contributed by atoms with Crippen molar-refractivity contribution in [3.63, 3.8) is 0 Å². The van der Waals surface area contributed by atoms with Crippen molar-refractivity contribution >= 4 is 5.97 Å². The molecule has 0 amide bonds. The lowest BCUT2D eigenvalue weighted by atomic mass is 10.5. The van der Waals surface area contributed by atoms with Crippen molar-refractivity contribution in [2.24, 2.45) is 0 Å². The normalized spacial score (nSPS) is 13.4. The summed E-state index contributed by atoms with van der Waals surface area (Å²) >= 11 is 0. The number of epoxide rings is 1. The van der Waals surface area contributed by atoms with Crippen LogP contribution in [0.1, 0.15) is 20.3 Å². The highest BCUT2D eigenvalue weighted by Crippen LogP contribution is 2.08. The monoisotopic (exact) mass is 269 g/mol. The smallest absolute Gasteiger partial charge is 0.300 e. The Morgan fingerprint density at radius 1 is 1.63 bits per heavy atom. The van der Waals surface area contributed by atoms with Crippen LogP contribution in [0.2, 0.25) is 0 Å². The molecule has 0 aromatic carbocycles. The van der Waals surface area contributed by atoms with Gasteiger partial charge in [-0.3, -0.25) is 4.79 Å². The van der Waals surface area contributed by atoms with E-state index in [0.717, 1.165) is 33.2 Å². The maximum atomic E-state index is 9.00. The number of carboxylic acid groups (broad SMARTS) is 1. The molecule has 0 aromatic rings. The van der Waals surface area contributed by atoms with Gasteiger partial charge in [0, 0.05) is 19.6 Å². The second-order valence-corrected chi connectivity index (χ2v) is 3.13. The van der Waals surface area contributed by atoms with Gasteiger partial charge in [-0.1, -0.05) is 26.7 Å². The van der Waals surface area contributed by atoms with Crippen molar-refractivity contribution < 1.29 is 19.4 Å². The Morgan fingerprint density at radius 2 is 2.00 bits per heavy atom. The summed E-state index contributed by atoms with van der Waals surface area (Å²) in [6, 6.07) is 1.69.